The third-order valence-corrected chi connectivity index (χ3v) is 4.33. The minimum absolute atomic E-state index is 0.705. The van der Waals surface area contributed by atoms with Gasteiger partial charge in [-0.05, 0) is 49.4 Å². The van der Waals surface area contributed by atoms with E-state index in [2.05, 4.69) is 54.3 Å². The smallest absolute Gasteiger partial charge is 0.120 e. The van der Waals surface area contributed by atoms with Gasteiger partial charge in [0.2, 0.25) is 0 Å². The minimum Gasteiger partial charge on any atom is -0.340 e. The van der Waals surface area contributed by atoms with Gasteiger partial charge in [0.05, 0.1) is 5.69 Å². The maximum Gasteiger partial charge on any atom is 0.120 e. The Morgan fingerprint density at radius 3 is 2.71 bits per heavy atom. The summed E-state index contributed by atoms with van der Waals surface area (Å²) >= 11 is 0. The highest BCUT2D eigenvalue weighted by Gasteiger charge is 2.11. The molecule has 0 bridgehead atoms. The van der Waals surface area contributed by atoms with E-state index in [1.165, 1.54) is 11.1 Å². The van der Waals surface area contributed by atoms with E-state index in [-0.39, 0.29) is 0 Å². The maximum absolute atomic E-state index is 9.15. The monoisotopic (exact) mass is 319 g/mol. The van der Waals surface area contributed by atoms with Crippen LogP contribution in [0.25, 0.3) is 5.69 Å². The Morgan fingerprint density at radius 1 is 1.21 bits per heavy atom. The van der Waals surface area contributed by atoms with Crippen LogP contribution in [0, 0.1) is 18.3 Å². The number of rotatable bonds is 5. The zero-order chi connectivity index (χ0) is 17.1. The quantitative estimate of drug-likeness (QED) is 0.726. The van der Waals surface area contributed by atoms with Crippen LogP contribution in [0.5, 0.6) is 0 Å². The van der Waals surface area contributed by atoms with E-state index in [4.69, 9.17) is 5.26 Å². The Bertz CT molecular complexity index is 868. The topological polar surface area (TPSA) is 49.8 Å². The maximum atomic E-state index is 9.15. The highest BCUT2D eigenvalue weighted by molar-refractivity contribution is 5.36. The fourth-order valence-electron chi connectivity index (χ4n) is 2.91. The summed E-state index contributed by atoms with van der Waals surface area (Å²) < 4.78 is 3.81. The van der Waals surface area contributed by atoms with Crippen molar-refractivity contribution >= 4 is 0 Å². The van der Waals surface area contributed by atoms with Crippen LogP contribution in [0.4, 0.5) is 0 Å². The third kappa shape index (κ3) is 3.24. The van der Waals surface area contributed by atoms with Crippen LogP contribution < -0.4 is 0 Å². The molecule has 2 aromatic heterocycles. The van der Waals surface area contributed by atoms with Crippen LogP contribution in [0.3, 0.4) is 0 Å². The van der Waals surface area contributed by atoms with Crippen LogP contribution >= 0.6 is 0 Å². The highest BCUT2D eigenvalue weighted by Crippen LogP contribution is 2.17. The summed E-state index contributed by atoms with van der Waals surface area (Å²) in [5.41, 5.74) is 5.34. The SMILES string of the molecule is Cc1c(CN(C)Cc2cccc(-n3cccn3)c2)cc(C#N)n1C. The number of aromatic nitrogens is 3. The third-order valence-electron chi connectivity index (χ3n) is 4.33. The molecule has 24 heavy (non-hydrogen) atoms. The Labute approximate surface area is 142 Å². The van der Waals surface area contributed by atoms with Gasteiger partial charge < -0.3 is 4.57 Å². The summed E-state index contributed by atoms with van der Waals surface area (Å²) in [6.07, 6.45) is 3.73. The van der Waals surface area contributed by atoms with Gasteiger partial charge in [-0.3, -0.25) is 4.90 Å². The van der Waals surface area contributed by atoms with Crippen molar-refractivity contribution in [1.82, 2.24) is 19.2 Å². The van der Waals surface area contributed by atoms with E-state index in [0.717, 1.165) is 24.5 Å². The van der Waals surface area contributed by atoms with Crippen LogP contribution in [-0.4, -0.2) is 26.3 Å². The van der Waals surface area contributed by atoms with E-state index in [1.807, 2.05) is 34.6 Å². The van der Waals surface area contributed by atoms with Crippen molar-refractivity contribution in [1.29, 1.82) is 5.26 Å². The molecule has 0 amide bonds. The zero-order valence-electron chi connectivity index (χ0n) is 14.3. The van der Waals surface area contributed by atoms with Crippen LogP contribution in [0.1, 0.15) is 22.5 Å². The molecule has 0 aliphatic heterocycles. The van der Waals surface area contributed by atoms with E-state index in [9.17, 15) is 0 Å². The molecule has 0 saturated carbocycles. The van der Waals surface area contributed by atoms with E-state index < -0.39 is 0 Å². The summed E-state index contributed by atoms with van der Waals surface area (Å²) in [4.78, 5) is 2.26. The predicted octanol–water partition coefficient (Wildman–Crippen LogP) is 3.02. The Balaban J connectivity index is 1.73. The Kier molecular flexibility index (Phi) is 4.50. The number of nitriles is 1. The molecule has 3 rings (SSSR count). The fraction of sp³-hybridized carbons (Fsp3) is 0.263. The van der Waals surface area contributed by atoms with Crippen molar-refractivity contribution in [2.24, 2.45) is 7.05 Å². The molecular formula is C19H21N5. The molecule has 2 heterocycles. The lowest BCUT2D eigenvalue weighted by Crippen LogP contribution is -2.17. The summed E-state index contributed by atoms with van der Waals surface area (Å²) in [7, 11) is 4.03. The molecular weight excluding hydrogens is 298 g/mol. The Morgan fingerprint density at radius 2 is 2.04 bits per heavy atom. The summed E-state index contributed by atoms with van der Waals surface area (Å²) in [5, 5.41) is 13.4. The van der Waals surface area contributed by atoms with Crippen LogP contribution in [-0.2, 0) is 20.1 Å². The second kappa shape index (κ2) is 6.73. The first-order chi connectivity index (χ1) is 11.6. The van der Waals surface area contributed by atoms with Gasteiger partial charge in [0.25, 0.3) is 0 Å². The second-order valence-corrected chi connectivity index (χ2v) is 6.10. The molecule has 0 fully saturated rings. The molecule has 5 heteroatoms. The summed E-state index contributed by atoms with van der Waals surface area (Å²) in [5.74, 6) is 0. The number of hydrogen-bond donors (Lipinski definition) is 0. The molecule has 3 aromatic rings. The molecule has 0 aliphatic carbocycles. The molecule has 122 valence electrons. The van der Waals surface area contributed by atoms with Crippen molar-refractivity contribution in [2.45, 2.75) is 20.0 Å². The molecule has 0 N–H and O–H groups in total. The van der Waals surface area contributed by atoms with Crippen molar-refractivity contribution in [3.05, 3.63) is 71.3 Å². The van der Waals surface area contributed by atoms with Gasteiger partial charge in [0.1, 0.15) is 11.8 Å². The van der Waals surface area contributed by atoms with Gasteiger partial charge in [0, 0.05) is 38.2 Å². The van der Waals surface area contributed by atoms with Gasteiger partial charge in [-0.25, -0.2) is 4.68 Å². The largest absolute Gasteiger partial charge is 0.340 e. The lowest BCUT2D eigenvalue weighted by molar-refractivity contribution is 0.318. The number of benzene rings is 1. The first-order valence-electron chi connectivity index (χ1n) is 7.91. The first-order valence-corrected chi connectivity index (χ1v) is 7.91. The van der Waals surface area contributed by atoms with Crippen LogP contribution in [0.2, 0.25) is 0 Å². The predicted molar refractivity (Wildman–Crippen MR) is 93.6 cm³/mol. The summed E-state index contributed by atoms with van der Waals surface area (Å²) in [6.45, 7) is 3.71. The van der Waals surface area contributed by atoms with Gasteiger partial charge in [0.15, 0.2) is 0 Å². The van der Waals surface area contributed by atoms with Crippen molar-refractivity contribution in [3.8, 4) is 11.8 Å². The second-order valence-electron chi connectivity index (χ2n) is 6.10. The number of hydrogen-bond acceptors (Lipinski definition) is 3. The summed E-state index contributed by atoms with van der Waals surface area (Å²) in [6, 6.07) is 14.5. The van der Waals surface area contributed by atoms with Crippen molar-refractivity contribution < 1.29 is 0 Å². The van der Waals surface area contributed by atoms with Gasteiger partial charge >= 0.3 is 0 Å². The zero-order valence-corrected chi connectivity index (χ0v) is 14.3. The minimum atomic E-state index is 0.705. The number of nitrogens with zero attached hydrogens (tertiary/aromatic N) is 5. The fourth-order valence-corrected chi connectivity index (χ4v) is 2.91. The van der Waals surface area contributed by atoms with Gasteiger partial charge in [-0.15, -0.1) is 0 Å². The highest BCUT2D eigenvalue weighted by atomic mass is 15.3. The van der Waals surface area contributed by atoms with E-state index in [0.29, 0.717) is 5.69 Å². The molecule has 0 radical (unpaired) electrons. The van der Waals surface area contributed by atoms with E-state index >= 15 is 0 Å². The standard InChI is InChI=1S/C19H21N5/c1-15-17(11-19(12-20)23(15)3)14-22(2)13-16-6-4-7-18(10-16)24-9-5-8-21-24/h4-11H,13-14H2,1-3H3. The lowest BCUT2D eigenvalue weighted by atomic mass is 10.1. The average Bonchev–Trinajstić information content (AvgIpc) is 3.19. The molecule has 0 spiro atoms. The molecule has 0 saturated heterocycles. The van der Waals surface area contributed by atoms with Gasteiger partial charge in [-0.2, -0.15) is 10.4 Å². The Hall–Kier alpha value is -2.84. The van der Waals surface area contributed by atoms with Crippen molar-refractivity contribution in [3.63, 3.8) is 0 Å². The van der Waals surface area contributed by atoms with Crippen LogP contribution in [0.15, 0.2) is 48.8 Å². The average molecular weight is 319 g/mol. The molecule has 5 nitrogen and oxygen atoms in total. The lowest BCUT2D eigenvalue weighted by Gasteiger charge is -2.17. The van der Waals surface area contributed by atoms with Gasteiger partial charge in [-0.1, -0.05) is 12.1 Å². The van der Waals surface area contributed by atoms with E-state index in [1.54, 1.807) is 6.20 Å². The molecule has 0 unspecified atom stereocenters. The molecule has 1 aromatic carbocycles. The van der Waals surface area contributed by atoms with Crippen molar-refractivity contribution in [2.75, 3.05) is 7.05 Å². The first kappa shape index (κ1) is 16.0. The normalized spacial score (nSPS) is 11.0. The molecule has 0 atom stereocenters. The molecule has 0 aliphatic rings.